The maximum Gasteiger partial charge on any atom is 0.151 e. The molecule has 1 fully saturated rings. The minimum atomic E-state index is 0.455. The van der Waals surface area contributed by atoms with Crippen LogP contribution in [0.1, 0.15) is 39.0 Å². The number of hydrogen-bond acceptors (Lipinski definition) is 3. The second-order valence-corrected chi connectivity index (χ2v) is 5.30. The minimum Gasteiger partial charge on any atom is -0.355 e. The zero-order valence-electron chi connectivity index (χ0n) is 10.6. The van der Waals surface area contributed by atoms with Crippen LogP contribution in [0.2, 0.25) is 5.15 Å². The van der Waals surface area contributed by atoms with Gasteiger partial charge in [-0.1, -0.05) is 24.9 Å². The third-order valence-electron chi connectivity index (χ3n) is 3.92. The first-order valence-corrected chi connectivity index (χ1v) is 6.80. The van der Waals surface area contributed by atoms with Crippen LogP contribution in [0.15, 0.2) is 12.1 Å². The number of nitrogens with zero attached hydrogens (tertiary/aromatic N) is 3. The van der Waals surface area contributed by atoms with Crippen LogP contribution in [-0.4, -0.2) is 23.3 Å². The van der Waals surface area contributed by atoms with Gasteiger partial charge in [-0.2, -0.15) is 0 Å². The molecular formula is C13H20ClN3. The molecule has 1 aromatic heterocycles. The van der Waals surface area contributed by atoms with Crippen molar-refractivity contribution in [3.63, 3.8) is 0 Å². The van der Waals surface area contributed by atoms with E-state index in [-0.39, 0.29) is 0 Å². The van der Waals surface area contributed by atoms with Crippen molar-refractivity contribution in [1.82, 2.24) is 10.2 Å². The lowest BCUT2D eigenvalue weighted by Gasteiger charge is -2.34. The molecule has 0 bridgehead atoms. The van der Waals surface area contributed by atoms with Gasteiger partial charge in [-0.15, -0.1) is 10.2 Å². The summed E-state index contributed by atoms with van der Waals surface area (Å²) in [6.45, 7) is 2.29. The van der Waals surface area contributed by atoms with Gasteiger partial charge in [0.2, 0.25) is 0 Å². The first kappa shape index (κ1) is 12.6. The van der Waals surface area contributed by atoms with Crippen LogP contribution < -0.4 is 4.90 Å². The predicted molar refractivity (Wildman–Crippen MR) is 71.5 cm³/mol. The van der Waals surface area contributed by atoms with Crippen LogP contribution in [0.4, 0.5) is 5.82 Å². The summed E-state index contributed by atoms with van der Waals surface area (Å²) in [5.74, 6) is 1.85. The molecule has 17 heavy (non-hydrogen) atoms. The van der Waals surface area contributed by atoms with Crippen molar-refractivity contribution in [2.45, 2.75) is 45.1 Å². The van der Waals surface area contributed by atoms with Gasteiger partial charge in [0.1, 0.15) is 0 Å². The van der Waals surface area contributed by atoms with E-state index in [1.807, 2.05) is 6.07 Å². The highest BCUT2D eigenvalue weighted by atomic mass is 35.5. The molecule has 1 aliphatic rings. The zero-order chi connectivity index (χ0) is 12.3. The van der Waals surface area contributed by atoms with Crippen LogP contribution in [-0.2, 0) is 0 Å². The van der Waals surface area contributed by atoms with Crippen LogP contribution in [0, 0.1) is 5.92 Å². The molecular weight excluding hydrogens is 234 g/mol. The van der Waals surface area contributed by atoms with Gasteiger partial charge < -0.3 is 4.90 Å². The molecule has 2 rings (SSSR count). The Balaban J connectivity index is 1.96. The number of rotatable bonds is 3. The molecule has 0 saturated heterocycles. The van der Waals surface area contributed by atoms with E-state index >= 15 is 0 Å². The normalized spacial score (nSPS) is 24.6. The fraction of sp³-hybridized carbons (Fsp3) is 0.692. The maximum atomic E-state index is 5.75. The lowest BCUT2D eigenvalue weighted by molar-refractivity contribution is 0.312. The Morgan fingerprint density at radius 3 is 2.47 bits per heavy atom. The van der Waals surface area contributed by atoms with E-state index in [1.54, 1.807) is 6.07 Å². The summed E-state index contributed by atoms with van der Waals surface area (Å²) in [6.07, 6.45) is 6.52. The molecule has 0 unspecified atom stereocenters. The monoisotopic (exact) mass is 253 g/mol. The Labute approximate surface area is 108 Å². The van der Waals surface area contributed by atoms with Gasteiger partial charge in [0.05, 0.1) is 0 Å². The summed E-state index contributed by atoms with van der Waals surface area (Å²) in [5, 5.41) is 8.49. The lowest BCUT2D eigenvalue weighted by atomic mass is 9.84. The predicted octanol–water partition coefficient (Wildman–Crippen LogP) is 3.54. The van der Waals surface area contributed by atoms with E-state index in [0.29, 0.717) is 11.2 Å². The molecule has 0 aromatic carbocycles. The molecule has 0 amide bonds. The van der Waals surface area contributed by atoms with Gasteiger partial charge in [0.25, 0.3) is 0 Å². The van der Waals surface area contributed by atoms with E-state index in [4.69, 9.17) is 11.6 Å². The summed E-state index contributed by atoms with van der Waals surface area (Å²) >= 11 is 5.75. The van der Waals surface area contributed by atoms with Crippen molar-refractivity contribution < 1.29 is 0 Å². The highest BCUT2D eigenvalue weighted by Gasteiger charge is 2.23. The van der Waals surface area contributed by atoms with E-state index in [0.717, 1.165) is 11.7 Å². The molecule has 1 saturated carbocycles. The van der Waals surface area contributed by atoms with Crippen molar-refractivity contribution in [2.24, 2.45) is 5.92 Å². The minimum absolute atomic E-state index is 0.455. The van der Waals surface area contributed by atoms with Crippen molar-refractivity contribution in [3.05, 3.63) is 17.3 Å². The molecule has 94 valence electrons. The first-order valence-electron chi connectivity index (χ1n) is 6.42. The summed E-state index contributed by atoms with van der Waals surface area (Å²) in [6, 6.07) is 4.35. The molecule has 0 aliphatic heterocycles. The van der Waals surface area contributed by atoms with Crippen molar-refractivity contribution in [2.75, 3.05) is 11.9 Å². The fourth-order valence-corrected chi connectivity index (χ4v) is 2.73. The molecule has 0 spiro atoms. The smallest absolute Gasteiger partial charge is 0.151 e. The summed E-state index contributed by atoms with van der Waals surface area (Å²) in [7, 11) is 2.11. The fourth-order valence-electron chi connectivity index (χ4n) is 2.62. The number of hydrogen-bond donors (Lipinski definition) is 0. The highest BCUT2D eigenvalue weighted by molar-refractivity contribution is 6.29. The average Bonchev–Trinajstić information content (AvgIpc) is 2.39. The zero-order valence-corrected chi connectivity index (χ0v) is 11.3. The topological polar surface area (TPSA) is 29.0 Å². The Hall–Kier alpha value is -0.830. The van der Waals surface area contributed by atoms with Gasteiger partial charge in [-0.25, -0.2) is 0 Å². The molecule has 0 atom stereocenters. The molecule has 1 aliphatic carbocycles. The summed E-state index contributed by atoms with van der Waals surface area (Å²) in [5.41, 5.74) is 0. The highest BCUT2D eigenvalue weighted by Crippen LogP contribution is 2.30. The van der Waals surface area contributed by atoms with Crippen LogP contribution in [0.25, 0.3) is 0 Å². The Morgan fingerprint density at radius 2 is 1.94 bits per heavy atom. The van der Waals surface area contributed by atoms with Gasteiger partial charge in [-0.3, -0.25) is 0 Å². The van der Waals surface area contributed by atoms with Crippen LogP contribution in [0.5, 0.6) is 0 Å². The second-order valence-electron chi connectivity index (χ2n) is 4.91. The molecule has 0 N–H and O–H groups in total. The maximum absolute atomic E-state index is 5.75. The van der Waals surface area contributed by atoms with E-state index < -0.39 is 0 Å². The molecule has 4 heteroatoms. The van der Waals surface area contributed by atoms with E-state index in [1.165, 1.54) is 32.1 Å². The molecule has 3 nitrogen and oxygen atoms in total. The number of halogens is 1. The van der Waals surface area contributed by atoms with Gasteiger partial charge in [0.15, 0.2) is 11.0 Å². The molecule has 1 heterocycles. The second kappa shape index (κ2) is 5.67. The average molecular weight is 254 g/mol. The van der Waals surface area contributed by atoms with Crippen molar-refractivity contribution >= 4 is 17.4 Å². The third kappa shape index (κ3) is 3.09. The van der Waals surface area contributed by atoms with Crippen LogP contribution in [0.3, 0.4) is 0 Å². The first-order chi connectivity index (χ1) is 8.20. The summed E-state index contributed by atoms with van der Waals surface area (Å²) in [4.78, 5) is 2.25. The lowest BCUT2D eigenvalue weighted by Crippen LogP contribution is -2.35. The summed E-state index contributed by atoms with van der Waals surface area (Å²) < 4.78 is 0. The van der Waals surface area contributed by atoms with Gasteiger partial charge >= 0.3 is 0 Å². The van der Waals surface area contributed by atoms with Crippen molar-refractivity contribution in [1.29, 1.82) is 0 Å². The number of aromatic nitrogens is 2. The van der Waals surface area contributed by atoms with Crippen LogP contribution >= 0.6 is 11.6 Å². The quantitative estimate of drug-likeness (QED) is 0.825. The van der Waals surface area contributed by atoms with E-state index in [9.17, 15) is 0 Å². The largest absolute Gasteiger partial charge is 0.355 e. The standard InChI is InChI=1S/C13H20ClN3/c1-3-10-4-6-11(7-5-10)17(2)13-9-8-12(14)15-16-13/h8-11H,3-7H2,1-2H3. The van der Waals surface area contributed by atoms with Crippen molar-refractivity contribution in [3.8, 4) is 0 Å². The Bertz CT molecular complexity index is 344. The molecule has 1 aromatic rings. The van der Waals surface area contributed by atoms with Gasteiger partial charge in [-0.05, 0) is 43.7 Å². The molecule has 0 radical (unpaired) electrons. The SMILES string of the molecule is CCC1CCC(N(C)c2ccc(Cl)nn2)CC1. The Kier molecular flexibility index (Phi) is 4.21. The Morgan fingerprint density at radius 1 is 1.24 bits per heavy atom. The van der Waals surface area contributed by atoms with Gasteiger partial charge in [0, 0.05) is 13.1 Å². The third-order valence-corrected chi connectivity index (χ3v) is 4.12. The number of anilines is 1. The van der Waals surface area contributed by atoms with E-state index in [2.05, 4.69) is 29.1 Å².